The molecule has 0 aliphatic heterocycles. The van der Waals surface area contributed by atoms with Crippen molar-refractivity contribution in [2.24, 2.45) is 0 Å². The molecule has 0 rings (SSSR count). The van der Waals surface area contributed by atoms with Gasteiger partial charge in [-0.1, -0.05) is 20.4 Å². The van der Waals surface area contributed by atoms with Gasteiger partial charge >= 0.3 is 5.97 Å². The van der Waals surface area contributed by atoms with Gasteiger partial charge in [-0.2, -0.15) is 0 Å². The van der Waals surface area contributed by atoms with Gasteiger partial charge in [0, 0.05) is 5.57 Å². The zero-order valence-corrected chi connectivity index (χ0v) is 9.85. The molecule has 0 bridgehead atoms. The van der Waals surface area contributed by atoms with E-state index in [0.717, 1.165) is 13.1 Å². The molecule has 3 nitrogen and oxygen atoms in total. The maximum Gasteiger partial charge on any atom is 0.333 e. The highest BCUT2D eigenvalue weighted by Crippen LogP contribution is 1.89. The minimum Gasteiger partial charge on any atom is -0.463 e. The highest BCUT2D eigenvalue weighted by atomic mass is 16.5. The lowest BCUT2D eigenvalue weighted by atomic mass is 10.4. The molecule has 0 amide bonds. The van der Waals surface area contributed by atoms with Crippen LogP contribution >= 0.6 is 0 Å². The predicted molar refractivity (Wildman–Crippen MR) is 60.3 cm³/mol. The van der Waals surface area contributed by atoms with Gasteiger partial charge < -0.3 is 10.1 Å². The second-order valence-electron chi connectivity index (χ2n) is 2.85. The Morgan fingerprint density at radius 1 is 1.36 bits per heavy atom. The van der Waals surface area contributed by atoms with E-state index >= 15 is 0 Å². The Kier molecular flexibility index (Phi) is 13.6. The molecule has 0 aromatic carbocycles. The van der Waals surface area contributed by atoms with E-state index in [1.165, 1.54) is 6.42 Å². The van der Waals surface area contributed by atoms with E-state index in [1.54, 1.807) is 13.8 Å². The summed E-state index contributed by atoms with van der Waals surface area (Å²) in [7, 11) is 0. The average Bonchev–Trinajstić information content (AvgIpc) is 2.16. The van der Waals surface area contributed by atoms with Crippen molar-refractivity contribution in [3.63, 3.8) is 0 Å². The summed E-state index contributed by atoms with van der Waals surface area (Å²) in [5, 5.41) is 3.20. The van der Waals surface area contributed by atoms with Crippen LogP contribution in [-0.4, -0.2) is 25.7 Å². The third kappa shape index (κ3) is 13.7. The number of rotatable bonds is 5. The smallest absolute Gasteiger partial charge is 0.333 e. The van der Waals surface area contributed by atoms with Crippen LogP contribution in [0.15, 0.2) is 12.2 Å². The Labute approximate surface area is 87.5 Å². The highest BCUT2D eigenvalue weighted by Gasteiger charge is 1.98. The van der Waals surface area contributed by atoms with Crippen LogP contribution in [0.4, 0.5) is 0 Å². The van der Waals surface area contributed by atoms with Crippen LogP contribution in [0.3, 0.4) is 0 Å². The number of hydrogen-bond donors (Lipinski definition) is 1. The van der Waals surface area contributed by atoms with E-state index < -0.39 is 0 Å². The molecule has 3 heteroatoms. The molecular formula is C11H23NO2. The van der Waals surface area contributed by atoms with E-state index in [9.17, 15) is 4.79 Å². The number of nitrogens with one attached hydrogen (secondary N) is 1. The molecule has 0 fully saturated rings. The lowest BCUT2D eigenvalue weighted by Crippen LogP contribution is -2.12. The van der Waals surface area contributed by atoms with Crippen LogP contribution < -0.4 is 5.32 Å². The van der Waals surface area contributed by atoms with Crippen LogP contribution in [-0.2, 0) is 9.53 Å². The largest absolute Gasteiger partial charge is 0.463 e. The quantitative estimate of drug-likeness (QED) is 0.421. The summed E-state index contributed by atoms with van der Waals surface area (Å²) in [5.74, 6) is -0.312. The topological polar surface area (TPSA) is 38.3 Å². The fraction of sp³-hybridized carbons (Fsp3) is 0.727. The SMILES string of the molecule is C=C(C)C(=O)OCC.CCCNCC. The summed E-state index contributed by atoms with van der Waals surface area (Å²) in [6, 6.07) is 0. The van der Waals surface area contributed by atoms with Crippen molar-refractivity contribution in [1.29, 1.82) is 0 Å². The first kappa shape index (κ1) is 15.6. The standard InChI is InChI=1S/C6H10O2.C5H13N/c1-4-8-6(7)5(2)3;1-3-5-6-4-2/h2,4H2,1,3H3;6H,3-5H2,1-2H3. The van der Waals surface area contributed by atoms with Crippen LogP contribution in [0.1, 0.15) is 34.1 Å². The minimum atomic E-state index is -0.312. The van der Waals surface area contributed by atoms with E-state index in [2.05, 4.69) is 30.5 Å². The summed E-state index contributed by atoms with van der Waals surface area (Å²) < 4.78 is 4.56. The van der Waals surface area contributed by atoms with Crippen LogP contribution in [0, 0.1) is 0 Å². The van der Waals surface area contributed by atoms with Gasteiger partial charge in [-0.15, -0.1) is 0 Å². The molecule has 0 aromatic rings. The Bertz CT molecular complexity index is 151. The van der Waals surface area contributed by atoms with Gasteiger partial charge in [0.05, 0.1) is 6.61 Å². The molecule has 0 saturated heterocycles. The Hall–Kier alpha value is -0.830. The molecule has 0 atom stereocenters. The zero-order valence-electron chi connectivity index (χ0n) is 9.85. The first-order valence-electron chi connectivity index (χ1n) is 5.13. The molecule has 0 saturated carbocycles. The first-order chi connectivity index (χ1) is 6.59. The summed E-state index contributed by atoms with van der Waals surface area (Å²) in [5.41, 5.74) is 0.451. The lowest BCUT2D eigenvalue weighted by Gasteiger charge is -1.96. The molecule has 84 valence electrons. The molecule has 0 heterocycles. The lowest BCUT2D eigenvalue weighted by molar-refractivity contribution is -0.138. The van der Waals surface area contributed by atoms with Crippen LogP contribution in [0.5, 0.6) is 0 Å². The molecule has 0 unspecified atom stereocenters. The molecular weight excluding hydrogens is 178 g/mol. The van der Waals surface area contributed by atoms with Crippen molar-refractivity contribution in [1.82, 2.24) is 5.32 Å². The van der Waals surface area contributed by atoms with Crippen molar-refractivity contribution in [3.8, 4) is 0 Å². The van der Waals surface area contributed by atoms with Crippen molar-refractivity contribution >= 4 is 5.97 Å². The summed E-state index contributed by atoms with van der Waals surface area (Å²) in [6.45, 7) is 13.8. The van der Waals surface area contributed by atoms with Crippen LogP contribution in [0.2, 0.25) is 0 Å². The van der Waals surface area contributed by atoms with Crippen molar-refractivity contribution in [3.05, 3.63) is 12.2 Å². The van der Waals surface area contributed by atoms with Gasteiger partial charge in [0.25, 0.3) is 0 Å². The van der Waals surface area contributed by atoms with Gasteiger partial charge in [-0.05, 0) is 33.4 Å². The monoisotopic (exact) mass is 201 g/mol. The molecule has 0 aliphatic carbocycles. The molecule has 1 N–H and O–H groups in total. The predicted octanol–water partition coefficient (Wildman–Crippen LogP) is 2.13. The zero-order chi connectivity index (χ0) is 11.4. The highest BCUT2D eigenvalue weighted by molar-refractivity contribution is 5.86. The molecule has 0 radical (unpaired) electrons. The number of carbonyl (C=O) groups excluding carboxylic acids is 1. The number of carbonyl (C=O) groups is 1. The summed E-state index contributed by atoms with van der Waals surface area (Å²) >= 11 is 0. The second-order valence-corrected chi connectivity index (χ2v) is 2.85. The van der Waals surface area contributed by atoms with Crippen LogP contribution in [0.25, 0.3) is 0 Å². The maximum atomic E-state index is 10.4. The van der Waals surface area contributed by atoms with Gasteiger partial charge in [-0.3, -0.25) is 0 Å². The van der Waals surface area contributed by atoms with Gasteiger partial charge in [0.15, 0.2) is 0 Å². The van der Waals surface area contributed by atoms with E-state index in [-0.39, 0.29) is 5.97 Å². The Balaban J connectivity index is 0. The fourth-order valence-corrected chi connectivity index (χ4v) is 0.608. The van der Waals surface area contributed by atoms with E-state index in [1.807, 2.05) is 0 Å². The second kappa shape index (κ2) is 12.2. The minimum absolute atomic E-state index is 0.312. The third-order valence-electron chi connectivity index (χ3n) is 1.30. The first-order valence-corrected chi connectivity index (χ1v) is 5.13. The van der Waals surface area contributed by atoms with Crippen molar-refractivity contribution in [2.45, 2.75) is 34.1 Å². The van der Waals surface area contributed by atoms with Gasteiger partial charge in [0.2, 0.25) is 0 Å². The van der Waals surface area contributed by atoms with Crippen molar-refractivity contribution in [2.75, 3.05) is 19.7 Å². The van der Waals surface area contributed by atoms with Gasteiger partial charge in [-0.25, -0.2) is 4.79 Å². The van der Waals surface area contributed by atoms with Gasteiger partial charge in [0.1, 0.15) is 0 Å². The number of hydrogen-bond acceptors (Lipinski definition) is 3. The fourth-order valence-electron chi connectivity index (χ4n) is 0.608. The molecule has 14 heavy (non-hydrogen) atoms. The van der Waals surface area contributed by atoms with Crippen molar-refractivity contribution < 1.29 is 9.53 Å². The molecule has 0 aromatic heterocycles. The van der Waals surface area contributed by atoms with E-state index in [0.29, 0.717) is 12.2 Å². The summed E-state index contributed by atoms with van der Waals surface area (Å²) in [4.78, 5) is 10.4. The molecule has 0 aliphatic rings. The Morgan fingerprint density at radius 3 is 2.07 bits per heavy atom. The third-order valence-corrected chi connectivity index (χ3v) is 1.30. The average molecular weight is 201 g/mol. The molecule has 0 spiro atoms. The Morgan fingerprint density at radius 2 is 1.93 bits per heavy atom. The van der Waals surface area contributed by atoms with E-state index in [4.69, 9.17) is 0 Å². The maximum absolute atomic E-state index is 10.4. The number of ether oxygens (including phenoxy) is 1. The number of esters is 1. The normalized spacial score (nSPS) is 8.57. The summed E-state index contributed by atoms with van der Waals surface area (Å²) in [6.07, 6.45) is 1.24.